The predicted octanol–water partition coefficient (Wildman–Crippen LogP) is 2.45. The minimum atomic E-state index is -0.416. The first kappa shape index (κ1) is 13.5. The van der Waals surface area contributed by atoms with Gasteiger partial charge in [0.25, 0.3) is 0 Å². The van der Waals surface area contributed by atoms with Crippen molar-refractivity contribution in [3.8, 4) is 0 Å². The van der Waals surface area contributed by atoms with Gasteiger partial charge < -0.3 is 5.73 Å². The van der Waals surface area contributed by atoms with Gasteiger partial charge in [-0.3, -0.25) is 4.79 Å². The van der Waals surface area contributed by atoms with E-state index in [2.05, 4.69) is 6.92 Å². The Kier molecular flexibility index (Phi) is 4.01. The highest BCUT2D eigenvalue weighted by molar-refractivity contribution is 6.46. The number of hydrogen-bond acceptors (Lipinski definition) is 1. The number of benzene rings is 1. The van der Waals surface area contributed by atoms with Crippen LogP contribution < -0.4 is 11.2 Å². The van der Waals surface area contributed by atoms with Crippen LogP contribution >= 0.6 is 11.6 Å². The normalized spacial score (nSPS) is 19.8. The molecule has 0 aliphatic heterocycles. The molecule has 0 aromatic heterocycles. The highest BCUT2D eigenvalue weighted by Crippen LogP contribution is 2.31. The number of rotatable bonds is 1. The molecule has 4 heteroatoms. The summed E-state index contributed by atoms with van der Waals surface area (Å²) in [4.78, 5) is 11.6. The van der Waals surface area contributed by atoms with E-state index >= 15 is 0 Å². The Balaban J connectivity index is 2.66. The minimum Gasteiger partial charge on any atom is -0.366 e. The number of amides is 1. The Hall–Kier alpha value is -0.955. The van der Waals surface area contributed by atoms with Crippen LogP contribution in [0.5, 0.6) is 0 Å². The standard InChI is InChI=1S/C14H17BClNO/c1-8-5-3-2-4-6-9-10(14(17)18)7-11(16)13(15)12(8)9/h7-8H,2-6H2,1H3,(H2,17,18)/t8-/m0/s1. The van der Waals surface area contributed by atoms with Crippen LogP contribution in [-0.4, -0.2) is 13.8 Å². The van der Waals surface area contributed by atoms with Gasteiger partial charge in [0.15, 0.2) is 0 Å². The van der Waals surface area contributed by atoms with Gasteiger partial charge in [-0.15, -0.1) is 0 Å². The van der Waals surface area contributed by atoms with Gasteiger partial charge in [-0.1, -0.05) is 36.8 Å². The Labute approximate surface area is 114 Å². The monoisotopic (exact) mass is 261 g/mol. The molecule has 1 aliphatic carbocycles. The minimum absolute atomic E-state index is 0.331. The van der Waals surface area contributed by atoms with Crippen molar-refractivity contribution in [1.29, 1.82) is 0 Å². The second kappa shape index (κ2) is 5.35. The number of hydrogen-bond donors (Lipinski definition) is 1. The first-order chi connectivity index (χ1) is 8.52. The van der Waals surface area contributed by atoms with Crippen molar-refractivity contribution in [3.63, 3.8) is 0 Å². The second-order valence-corrected chi connectivity index (χ2v) is 5.48. The molecule has 1 aliphatic rings. The first-order valence-electron chi connectivity index (χ1n) is 6.43. The van der Waals surface area contributed by atoms with E-state index in [0.29, 0.717) is 22.0 Å². The molecule has 0 heterocycles. The average Bonchev–Trinajstić information content (AvgIpc) is 2.29. The van der Waals surface area contributed by atoms with E-state index in [0.717, 1.165) is 30.4 Å². The van der Waals surface area contributed by atoms with Crippen LogP contribution in [0.15, 0.2) is 6.07 Å². The molecule has 2 rings (SSSR count). The molecule has 0 saturated carbocycles. The van der Waals surface area contributed by atoms with E-state index in [1.807, 2.05) is 0 Å². The maximum atomic E-state index is 11.6. The van der Waals surface area contributed by atoms with E-state index in [1.165, 1.54) is 12.8 Å². The lowest BCUT2D eigenvalue weighted by Gasteiger charge is -2.25. The van der Waals surface area contributed by atoms with E-state index < -0.39 is 5.91 Å². The number of fused-ring (bicyclic) bond motifs is 1. The van der Waals surface area contributed by atoms with Gasteiger partial charge in [0.05, 0.1) is 0 Å². The third-order valence-electron chi connectivity index (χ3n) is 3.79. The van der Waals surface area contributed by atoms with Crippen LogP contribution in [0, 0.1) is 0 Å². The lowest BCUT2D eigenvalue weighted by atomic mass is 9.76. The Morgan fingerprint density at radius 1 is 1.44 bits per heavy atom. The largest absolute Gasteiger partial charge is 0.366 e. The highest BCUT2D eigenvalue weighted by Gasteiger charge is 2.22. The SMILES string of the molecule is [B]c1c(Cl)cc(C(N)=O)c2c1[C@@H](C)CCCCC2. The van der Waals surface area contributed by atoms with Crippen molar-refractivity contribution >= 4 is 30.8 Å². The summed E-state index contributed by atoms with van der Waals surface area (Å²) >= 11 is 6.12. The van der Waals surface area contributed by atoms with Crippen LogP contribution in [-0.2, 0) is 6.42 Å². The number of primary amides is 1. The first-order valence-corrected chi connectivity index (χ1v) is 6.80. The summed E-state index contributed by atoms with van der Waals surface area (Å²) in [6.07, 6.45) is 5.39. The van der Waals surface area contributed by atoms with Crippen molar-refractivity contribution in [1.82, 2.24) is 0 Å². The molecule has 0 spiro atoms. The van der Waals surface area contributed by atoms with E-state index in [9.17, 15) is 4.79 Å². The summed E-state index contributed by atoms with van der Waals surface area (Å²) in [5.74, 6) is -0.0852. The molecular formula is C14H17BClNO. The maximum absolute atomic E-state index is 11.6. The van der Waals surface area contributed by atoms with E-state index in [1.54, 1.807) is 6.07 Å². The molecule has 2 N–H and O–H groups in total. The summed E-state index contributed by atoms with van der Waals surface area (Å²) in [6, 6.07) is 1.62. The molecule has 0 fully saturated rings. The molecule has 0 unspecified atom stereocenters. The number of nitrogens with two attached hydrogens (primary N) is 1. The molecule has 18 heavy (non-hydrogen) atoms. The lowest BCUT2D eigenvalue weighted by molar-refractivity contribution is 0.0999. The van der Waals surface area contributed by atoms with Crippen LogP contribution in [0.4, 0.5) is 0 Å². The van der Waals surface area contributed by atoms with Gasteiger partial charge in [0.2, 0.25) is 5.91 Å². The van der Waals surface area contributed by atoms with Crippen LogP contribution in [0.25, 0.3) is 0 Å². The highest BCUT2D eigenvalue weighted by atomic mass is 35.5. The summed E-state index contributed by atoms with van der Waals surface area (Å²) in [7, 11) is 6.10. The summed E-state index contributed by atoms with van der Waals surface area (Å²) < 4.78 is 0. The quantitative estimate of drug-likeness (QED) is 0.775. The van der Waals surface area contributed by atoms with Gasteiger partial charge in [-0.05, 0) is 42.4 Å². The fourth-order valence-electron chi connectivity index (χ4n) is 2.85. The maximum Gasteiger partial charge on any atom is 0.249 e. The summed E-state index contributed by atoms with van der Waals surface area (Å²) in [5.41, 5.74) is 8.66. The molecule has 0 bridgehead atoms. The van der Waals surface area contributed by atoms with E-state index in [4.69, 9.17) is 25.2 Å². The Morgan fingerprint density at radius 3 is 2.83 bits per heavy atom. The Morgan fingerprint density at radius 2 is 2.17 bits per heavy atom. The lowest BCUT2D eigenvalue weighted by Crippen LogP contribution is -2.24. The van der Waals surface area contributed by atoms with E-state index in [-0.39, 0.29) is 0 Å². The fourth-order valence-corrected chi connectivity index (χ4v) is 3.06. The van der Waals surface area contributed by atoms with Gasteiger partial charge in [0, 0.05) is 10.6 Å². The van der Waals surface area contributed by atoms with Gasteiger partial charge in [0.1, 0.15) is 7.85 Å². The number of carbonyl (C=O) groups excluding carboxylic acids is 1. The van der Waals surface area contributed by atoms with Crippen molar-refractivity contribution in [3.05, 3.63) is 27.8 Å². The number of halogens is 1. The van der Waals surface area contributed by atoms with Crippen LogP contribution in [0.2, 0.25) is 5.02 Å². The molecule has 94 valence electrons. The van der Waals surface area contributed by atoms with Crippen molar-refractivity contribution in [2.24, 2.45) is 5.73 Å². The summed E-state index contributed by atoms with van der Waals surface area (Å²) in [6.45, 7) is 2.14. The van der Waals surface area contributed by atoms with Crippen molar-refractivity contribution in [2.75, 3.05) is 0 Å². The van der Waals surface area contributed by atoms with Gasteiger partial charge in [-0.2, -0.15) is 0 Å². The molecule has 1 aromatic rings. The smallest absolute Gasteiger partial charge is 0.249 e. The topological polar surface area (TPSA) is 43.1 Å². The molecule has 2 nitrogen and oxygen atoms in total. The van der Waals surface area contributed by atoms with Crippen molar-refractivity contribution < 1.29 is 4.79 Å². The van der Waals surface area contributed by atoms with Crippen LogP contribution in [0.1, 0.15) is 60.0 Å². The fraction of sp³-hybridized carbons (Fsp3) is 0.500. The second-order valence-electron chi connectivity index (χ2n) is 5.08. The number of carbonyl (C=O) groups is 1. The molecule has 1 aromatic carbocycles. The molecule has 1 amide bonds. The van der Waals surface area contributed by atoms with Gasteiger partial charge >= 0.3 is 0 Å². The van der Waals surface area contributed by atoms with Crippen LogP contribution in [0.3, 0.4) is 0 Å². The zero-order chi connectivity index (χ0) is 13.3. The third kappa shape index (κ3) is 2.42. The molecule has 1 atom stereocenters. The predicted molar refractivity (Wildman–Crippen MR) is 75.9 cm³/mol. The zero-order valence-corrected chi connectivity index (χ0v) is 11.4. The summed E-state index contributed by atoms with van der Waals surface area (Å²) in [5, 5.41) is 0.440. The third-order valence-corrected chi connectivity index (χ3v) is 4.10. The Bertz CT molecular complexity index is 487. The van der Waals surface area contributed by atoms with Gasteiger partial charge in [-0.25, -0.2) is 0 Å². The van der Waals surface area contributed by atoms with Crippen molar-refractivity contribution in [2.45, 2.75) is 44.9 Å². The molecule has 0 saturated heterocycles. The molecular weight excluding hydrogens is 244 g/mol. The zero-order valence-electron chi connectivity index (χ0n) is 10.6. The molecule has 2 radical (unpaired) electrons. The average molecular weight is 262 g/mol.